The number of H-pyrrole nitrogens is 1. The summed E-state index contributed by atoms with van der Waals surface area (Å²) in [6, 6.07) is 1.57. The summed E-state index contributed by atoms with van der Waals surface area (Å²) in [6.45, 7) is 2.69. The molecule has 2 aliphatic rings. The molecule has 0 aromatic carbocycles. The number of aromatic amines is 1. The largest absolute Gasteiger partial charge is 0.336 e. The Hall–Kier alpha value is -2.38. The van der Waals surface area contributed by atoms with Crippen molar-refractivity contribution in [3.05, 3.63) is 18.1 Å². The standard InChI is InChI=1S/C14H21N9O3S/c24-14(12-10-13(17-16-12)23-11-15-18-19-23)20-4-3-7-22(9-8-20)27(25,26)21-5-1-2-6-21/h10-11H,1-9H2,(H,16,17). The number of aromatic nitrogens is 6. The maximum absolute atomic E-state index is 12.8. The molecular formula is C14H21N9O3S. The molecule has 2 aromatic heterocycles. The highest BCUT2D eigenvalue weighted by atomic mass is 32.2. The number of carbonyl (C=O) groups is 1. The minimum absolute atomic E-state index is 0.220. The number of hydrogen-bond acceptors (Lipinski definition) is 7. The van der Waals surface area contributed by atoms with Crippen molar-refractivity contribution in [2.24, 2.45) is 0 Å². The van der Waals surface area contributed by atoms with Crippen molar-refractivity contribution in [1.82, 2.24) is 43.9 Å². The lowest BCUT2D eigenvalue weighted by atomic mass is 10.3. The fourth-order valence-electron chi connectivity index (χ4n) is 3.38. The second-order valence-corrected chi connectivity index (χ2v) is 8.48. The van der Waals surface area contributed by atoms with Crippen LogP contribution in [0.5, 0.6) is 0 Å². The van der Waals surface area contributed by atoms with Crippen molar-refractivity contribution in [3.8, 4) is 5.82 Å². The Morgan fingerprint density at radius 1 is 1.00 bits per heavy atom. The smallest absolute Gasteiger partial charge is 0.282 e. The van der Waals surface area contributed by atoms with E-state index in [1.807, 2.05) is 0 Å². The highest BCUT2D eigenvalue weighted by Gasteiger charge is 2.33. The molecule has 4 heterocycles. The summed E-state index contributed by atoms with van der Waals surface area (Å²) >= 11 is 0. The Kier molecular flexibility index (Phi) is 4.88. The molecule has 12 nitrogen and oxygen atoms in total. The highest BCUT2D eigenvalue weighted by molar-refractivity contribution is 7.86. The monoisotopic (exact) mass is 395 g/mol. The lowest BCUT2D eigenvalue weighted by molar-refractivity contribution is 0.0758. The second-order valence-electron chi connectivity index (χ2n) is 6.55. The van der Waals surface area contributed by atoms with Crippen molar-refractivity contribution in [2.75, 3.05) is 39.3 Å². The molecule has 1 N–H and O–H groups in total. The van der Waals surface area contributed by atoms with Gasteiger partial charge in [-0.1, -0.05) is 0 Å². The Labute approximate surface area is 156 Å². The molecule has 0 bridgehead atoms. The minimum Gasteiger partial charge on any atom is -0.336 e. The summed E-state index contributed by atoms with van der Waals surface area (Å²) in [6.07, 6.45) is 3.78. The van der Waals surface area contributed by atoms with Crippen LogP contribution in [0.25, 0.3) is 5.82 Å². The number of rotatable bonds is 4. The van der Waals surface area contributed by atoms with Crippen molar-refractivity contribution >= 4 is 16.1 Å². The van der Waals surface area contributed by atoms with Crippen LogP contribution in [0, 0.1) is 0 Å². The van der Waals surface area contributed by atoms with Gasteiger partial charge in [0, 0.05) is 45.3 Å². The predicted molar refractivity (Wildman–Crippen MR) is 93.1 cm³/mol. The van der Waals surface area contributed by atoms with Gasteiger partial charge in [-0.15, -0.1) is 5.10 Å². The van der Waals surface area contributed by atoms with E-state index in [0.717, 1.165) is 12.8 Å². The average molecular weight is 395 g/mol. The third-order valence-electron chi connectivity index (χ3n) is 4.84. The van der Waals surface area contributed by atoms with Gasteiger partial charge in [0.1, 0.15) is 12.0 Å². The van der Waals surface area contributed by atoms with Crippen LogP contribution < -0.4 is 0 Å². The molecule has 0 spiro atoms. The maximum Gasteiger partial charge on any atom is 0.282 e. The van der Waals surface area contributed by atoms with Gasteiger partial charge >= 0.3 is 0 Å². The summed E-state index contributed by atoms with van der Waals surface area (Å²) in [5.41, 5.74) is 0.316. The van der Waals surface area contributed by atoms with E-state index in [2.05, 4.69) is 25.7 Å². The molecule has 0 aliphatic carbocycles. The summed E-state index contributed by atoms with van der Waals surface area (Å²) in [5.74, 6) is 0.193. The van der Waals surface area contributed by atoms with Crippen LogP contribution >= 0.6 is 0 Å². The van der Waals surface area contributed by atoms with E-state index in [4.69, 9.17) is 0 Å². The van der Waals surface area contributed by atoms with E-state index in [1.165, 1.54) is 19.6 Å². The van der Waals surface area contributed by atoms with E-state index >= 15 is 0 Å². The van der Waals surface area contributed by atoms with E-state index in [9.17, 15) is 13.2 Å². The third-order valence-corrected chi connectivity index (χ3v) is 6.87. The Morgan fingerprint density at radius 2 is 1.74 bits per heavy atom. The van der Waals surface area contributed by atoms with Crippen molar-refractivity contribution in [1.29, 1.82) is 0 Å². The molecule has 0 atom stereocenters. The lowest BCUT2D eigenvalue weighted by Gasteiger charge is -2.26. The third kappa shape index (κ3) is 3.57. The first-order valence-electron chi connectivity index (χ1n) is 8.89. The number of nitrogens with zero attached hydrogens (tertiary/aromatic N) is 8. The van der Waals surface area contributed by atoms with Gasteiger partial charge in [0.05, 0.1) is 0 Å². The fraction of sp³-hybridized carbons (Fsp3) is 0.643. The zero-order valence-corrected chi connectivity index (χ0v) is 15.5. The van der Waals surface area contributed by atoms with Crippen molar-refractivity contribution < 1.29 is 13.2 Å². The lowest BCUT2D eigenvalue weighted by Crippen LogP contribution is -2.44. The van der Waals surface area contributed by atoms with Crippen molar-refractivity contribution in [3.63, 3.8) is 0 Å². The number of amides is 1. The molecule has 2 saturated heterocycles. The summed E-state index contributed by atoms with van der Waals surface area (Å²) in [4.78, 5) is 14.4. The Morgan fingerprint density at radius 3 is 2.48 bits per heavy atom. The van der Waals surface area contributed by atoms with Crippen LogP contribution in [0.4, 0.5) is 0 Å². The predicted octanol–water partition coefficient (Wildman–Crippen LogP) is -1.13. The molecule has 4 rings (SSSR count). The first-order valence-corrected chi connectivity index (χ1v) is 10.3. The van der Waals surface area contributed by atoms with Gasteiger partial charge in [0.15, 0.2) is 5.82 Å². The molecule has 2 fully saturated rings. The Balaban J connectivity index is 1.43. The molecule has 27 heavy (non-hydrogen) atoms. The topological polar surface area (TPSA) is 133 Å². The zero-order chi connectivity index (χ0) is 18.9. The van der Waals surface area contributed by atoms with Gasteiger partial charge in [0.25, 0.3) is 16.1 Å². The minimum atomic E-state index is -3.44. The molecule has 1 amide bonds. The molecular weight excluding hydrogens is 374 g/mol. The number of hydrogen-bond donors (Lipinski definition) is 1. The summed E-state index contributed by atoms with van der Waals surface area (Å²) < 4.78 is 29.8. The van der Waals surface area contributed by atoms with Crippen LogP contribution in [0.3, 0.4) is 0 Å². The molecule has 146 valence electrons. The normalized spacial score (nSPS) is 20.1. The van der Waals surface area contributed by atoms with Gasteiger partial charge < -0.3 is 4.90 Å². The van der Waals surface area contributed by atoms with E-state index < -0.39 is 10.2 Å². The highest BCUT2D eigenvalue weighted by Crippen LogP contribution is 2.19. The first kappa shape index (κ1) is 18.0. The fourth-order valence-corrected chi connectivity index (χ4v) is 5.10. The van der Waals surface area contributed by atoms with E-state index in [1.54, 1.807) is 11.0 Å². The average Bonchev–Trinajstić information content (AvgIpc) is 3.40. The molecule has 0 unspecified atom stereocenters. The maximum atomic E-state index is 12.8. The van der Waals surface area contributed by atoms with Crippen LogP contribution in [0.15, 0.2) is 12.4 Å². The van der Waals surface area contributed by atoms with Crippen LogP contribution in [0.1, 0.15) is 29.8 Å². The summed E-state index contributed by atoms with van der Waals surface area (Å²) in [7, 11) is -3.44. The van der Waals surface area contributed by atoms with Crippen LogP contribution in [-0.2, 0) is 10.2 Å². The number of tetrazole rings is 1. The first-order chi connectivity index (χ1) is 13.1. The van der Waals surface area contributed by atoms with Gasteiger partial charge in [-0.25, -0.2) is 0 Å². The molecule has 13 heteroatoms. The van der Waals surface area contributed by atoms with Gasteiger partial charge in [-0.3, -0.25) is 9.89 Å². The zero-order valence-electron chi connectivity index (χ0n) is 14.7. The van der Waals surface area contributed by atoms with E-state index in [-0.39, 0.29) is 5.91 Å². The second kappa shape index (κ2) is 7.32. The molecule has 2 aliphatic heterocycles. The Bertz CT molecular complexity index is 889. The van der Waals surface area contributed by atoms with Gasteiger partial charge in [0.2, 0.25) is 0 Å². The van der Waals surface area contributed by atoms with Crippen LogP contribution in [-0.4, -0.2) is 97.5 Å². The number of nitrogens with one attached hydrogen (secondary N) is 1. The van der Waals surface area contributed by atoms with Crippen LogP contribution in [0.2, 0.25) is 0 Å². The summed E-state index contributed by atoms with van der Waals surface area (Å²) in [5, 5.41) is 17.5. The number of carbonyl (C=O) groups excluding carboxylic acids is 1. The molecule has 0 saturated carbocycles. The van der Waals surface area contributed by atoms with Gasteiger partial charge in [-0.2, -0.15) is 26.8 Å². The quantitative estimate of drug-likeness (QED) is 0.693. The van der Waals surface area contributed by atoms with E-state index in [0.29, 0.717) is 57.2 Å². The molecule has 0 radical (unpaired) electrons. The molecule has 2 aromatic rings. The SMILES string of the molecule is O=C(c1cc(-n2cnnn2)n[nH]1)N1CCCN(S(=O)(=O)N2CCCC2)CC1. The van der Waals surface area contributed by atoms with Crippen molar-refractivity contribution in [2.45, 2.75) is 19.3 Å². The van der Waals surface area contributed by atoms with Gasteiger partial charge in [-0.05, 0) is 29.7 Å².